The van der Waals surface area contributed by atoms with E-state index in [0.717, 1.165) is 36.7 Å². The van der Waals surface area contributed by atoms with Crippen molar-refractivity contribution in [2.75, 3.05) is 26.2 Å². The number of benzene rings is 2. The zero-order valence-corrected chi connectivity index (χ0v) is 14.0. The van der Waals surface area contributed by atoms with Gasteiger partial charge in [0.1, 0.15) is 11.5 Å². The Bertz CT molecular complexity index is 765. The van der Waals surface area contributed by atoms with Crippen LogP contribution >= 0.6 is 0 Å². The predicted octanol–water partition coefficient (Wildman–Crippen LogP) is 2.58. The number of ether oxygens (including phenoxy) is 1. The van der Waals surface area contributed by atoms with Gasteiger partial charge in [-0.3, -0.25) is 9.69 Å². The van der Waals surface area contributed by atoms with Gasteiger partial charge in [-0.1, -0.05) is 30.3 Å². The van der Waals surface area contributed by atoms with Crippen LogP contribution in [0.1, 0.15) is 5.56 Å². The average molecular weight is 338 g/mol. The number of rotatable bonds is 5. The van der Waals surface area contributed by atoms with Gasteiger partial charge in [0.05, 0.1) is 5.41 Å². The Labute approximate surface area is 147 Å². The number of hydrogen-bond acceptors (Lipinski definition) is 4. The summed E-state index contributed by atoms with van der Waals surface area (Å²) in [5.74, 6) is 1.13. The maximum Gasteiger partial charge on any atom is 0.312 e. The third-order valence-electron chi connectivity index (χ3n) is 5.31. The highest BCUT2D eigenvalue weighted by Crippen LogP contribution is 2.39. The molecule has 2 N–H and O–H groups in total. The Morgan fingerprint density at radius 2 is 2.00 bits per heavy atom. The highest BCUT2D eigenvalue weighted by molar-refractivity contribution is 5.77. The summed E-state index contributed by atoms with van der Waals surface area (Å²) in [7, 11) is 0. The minimum Gasteiger partial charge on any atom is -0.481 e. The Kier molecular flexibility index (Phi) is 4.19. The molecule has 0 unspecified atom stereocenters. The minimum atomic E-state index is -0.675. The lowest BCUT2D eigenvalue weighted by molar-refractivity contribution is -0.148. The molecule has 4 rings (SSSR count). The van der Waals surface area contributed by atoms with Crippen LogP contribution in [0.2, 0.25) is 0 Å². The summed E-state index contributed by atoms with van der Waals surface area (Å²) >= 11 is 0. The zero-order valence-electron chi connectivity index (χ0n) is 14.0. The summed E-state index contributed by atoms with van der Waals surface area (Å²) in [5.41, 5.74) is 0.514. The second-order valence-corrected chi connectivity index (χ2v) is 7.02. The molecule has 2 aromatic carbocycles. The summed E-state index contributed by atoms with van der Waals surface area (Å²) < 4.78 is 5.89. The van der Waals surface area contributed by atoms with Gasteiger partial charge in [-0.25, -0.2) is 0 Å². The predicted molar refractivity (Wildman–Crippen MR) is 94.7 cm³/mol. The number of fused-ring (bicyclic) bond motifs is 1. The van der Waals surface area contributed by atoms with E-state index in [4.69, 9.17) is 4.74 Å². The summed E-state index contributed by atoms with van der Waals surface area (Å²) in [6.45, 7) is 3.53. The number of aliphatic carboxylic acids is 1. The lowest BCUT2D eigenvalue weighted by Crippen LogP contribution is -2.40. The van der Waals surface area contributed by atoms with Gasteiger partial charge in [0.2, 0.25) is 0 Å². The van der Waals surface area contributed by atoms with E-state index in [1.165, 1.54) is 0 Å². The Balaban J connectivity index is 1.45. The molecule has 5 heteroatoms. The fourth-order valence-corrected chi connectivity index (χ4v) is 4.04. The van der Waals surface area contributed by atoms with Gasteiger partial charge in [-0.05, 0) is 29.8 Å². The van der Waals surface area contributed by atoms with Gasteiger partial charge >= 0.3 is 5.97 Å². The molecule has 0 saturated carbocycles. The Morgan fingerprint density at radius 3 is 2.76 bits per heavy atom. The van der Waals surface area contributed by atoms with Crippen molar-refractivity contribution in [3.63, 3.8) is 0 Å². The molecule has 130 valence electrons. The number of nitrogens with one attached hydrogen (secondary N) is 1. The maximum atomic E-state index is 11.8. The van der Waals surface area contributed by atoms with Crippen molar-refractivity contribution in [1.29, 1.82) is 0 Å². The van der Waals surface area contributed by atoms with E-state index in [9.17, 15) is 9.90 Å². The topological polar surface area (TPSA) is 61.8 Å². The van der Waals surface area contributed by atoms with Gasteiger partial charge in [0.15, 0.2) is 0 Å². The molecule has 0 spiro atoms. The Morgan fingerprint density at radius 1 is 1.20 bits per heavy atom. The summed E-state index contributed by atoms with van der Waals surface area (Å²) in [4.78, 5) is 14.0. The normalized spacial score (nSPS) is 25.7. The van der Waals surface area contributed by atoms with Crippen LogP contribution in [-0.4, -0.2) is 42.2 Å². The molecule has 2 aromatic rings. The maximum absolute atomic E-state index is 11.8. The lowest BCUT2D eigenvalue weighted by atomic mass is 9.81. The SMILES string of the molecule is O=C(O)[C@]12CNC[C@H]1CN(Cc1cccc(Oc3ccccc3)c1)C2. The number of carboxylic acids is 1. The number of carboxylic acid groups (broad SMARTS) is 1. The van der Waals surface area contributed by atoms with Crippen LogP contribution in [-0.2, 0) is 11.3 Å². The molecular formula is C20H22N2O3. The first-order valence-electron chi connectivity index (χ1n) is 8.64. The van der Waals surface area contributed by atoms with Crippen LogP contribution in [0.4, 0.5) is 0 Å². The number of carbonyl (C=O) groups is 1. The highest BCUT2D eigenvalue weighted by Gasteiger charge is 2.54. The first-order valence-corrected chi connectivity index (χ1v) is 8.64. The van der Waals surface area contributed by atoms with Crippen LogP contribution in [0.3, 0.4) is 0 Å². The molecular weight excluding hydrogens is 316 g/mol. The fourth-order valence-electron chi connectivity index (χ4n) is 4.04. The number of para-hydroxylation sites is 1. The molecule has 5 nitrogen and oxygen atoms in total. The van der Waals surface area contributed by atoms with Crippen molar-refractivity contribution in [2.45, 2.75) is 6.54 Å². The molecule has 2 saturated heterocycles. The van der Waals surface area contributed by atoms with E-state index in [0.29, 0.717) is 13.1 Å². The van der Waals surface area contributed by atoms with E-state index >= 15 is 0 Å². The summed E-state index contributed by atoms with van der Waals surface area (Å²) in [5, 5.41) is 12.9. The van der Waals surface area contributed by atoms with Gasteiger partial charge in [-0.15, -0.1) is 0 Å². The van der Waals surface area contributed by atoms with Crippen molar-refractivity contribution >= 4 is 5.97 Å². The minimum absolute atomic E-state index is 0.189. The first kappa shape index (κ1) is 16.1. The zero-order chi connectivity index (χ0) is 17.3. The van der Waals surface area contributed by atoms with Gasteiger partial charge in [-0.2, -0.15) is 0 Å². The van der Waals surface area contributed by atoms with Crippen molar-refractivity contribution in [1.82, 2.24) is 10.2 Å². The average Bonchev–Trinajstić information content (AvgIpc) is 3.14. The molecule has 25 heavy (non-hydrogen) atoms. The lowest BCUT2D eigenvalue weighted by Gasteiger charge is -2.22. The second kappa shape index (κ2) is 6.50. The molecule has 2 aliphatic heterocycles. The molecule has 2 aliphatic rings. The Hall–Kier alpha value is -2.37. The standard InChI is InChI=1S/C20H22N2O3/c23-19(24)20-13-21-10-16(20)12-22(14-20)11-15-5-4-8-18(9-15)25-17-6-2-1-3-7-17/h1-9,16,21H,10-14H2,(H,23,24)/t16-,20-/m0/s1. The van der Waals surface area contributed by atoms with E-state index in [1.54, 1.807) is 0 Å². The number of hydrogen-bond donors (Lipinski definition) is 2. The van der Waals surface area contributed by atoms with Crippen LogP contribution in [0, 0.1) is 11.3 Å². The van der Waals surface area contributed by atoms with Crippen molar-refractivity contribution in [2.24, 2.45) is 11.3 Å². The van der Waals surface area contributed by atoms with Gasteiger partial charge in [0.25, 0.3) is 0 Å². The van der Waals surface area contributed by atoms with Gasteiger partial charge < -0.3 is 15.2 Å². The van der Waals surface area contributed by atoms with Crippen molar-refractivity contribution in [3.8, 4) is 11.5 Å². The quantitative estimate of drug-likeness (QED) is 0.877. The fraction of sp³-hybridized carbons (Fsp3) is 0.350. The molecule has 2 atom stereocenters. The summed E-state index contributed by atoms with van der Waals surface area (Å²) in [6, 6.07) is 17.7. The summed E-state index contributed by atoms with van der Waals surface area (Å²) in [6.07, 6.45) is 0. The van der Waals surface area contributed by atoms with E-state index in [1.807, 2.05) is 48.5 Å². The smallest absolute Gasteiger partial charge is 0.312 e. The molecule has 0 amide bonds. The van der Waals surface area contributed by atoms with E-state index < -0.39 is 11.4 Å². The van der Waals surface area contributed by atoms with Crippen LogP contribution in [0.25, 0.3) is 0 Å². The highest BCUT2D eigenvalue weighted by atomic mass is 16.5. The van der Waals surface area contributed by atoms with Crippen LogP contribution in [0.15, 0.2) is 54.6 Å². The number of likely N-dealkylation sites (tertiary alicyclic amines) is 1. The molecule has 2 heterocycles. The third kappa shape index (κ3) is 3.13. The molecule has 2 fully saturated rings. The van der Waals surface area contributed by atoms with Crippen LogP contribution < -0.4 is 10.1 Å². The third-order valence-corrected chi connectivity index (χ3v) is 5.31. The second-order valence-electron chi connectivity index (χ2n) is 7.02. The van der Waals surface area contributed by atoms with Crippen molar-refractivity contribution in [3.05, 3.63) is 60.2 Å². The van der Waals surface area contributed by atoms with E-state index in [2.05, 4.69) is 16.3 Å². The molecule has 0 aliphatic carbocycles. The molecule has 0 aromatic heterocycles. The van der Waals surface area contributed by atoms with Crippen LogP contribution in [0.5, 0.6) is 11.5 Å². The molecule has 0 radical (unpaired) electrons. The molecule has 0 bridgehead atoms. The monoisotopic (exact) mass is 338 g/mol. The largest absolute Gasteiger partial charge is 0.481 e. The number of nitrogens with zero attached hydrogens (tertiary/aromatic N) is 1. The van der Waals surface area contributed by atoms with E-state index in [-0.39, 0.29) is 5.92 Å². The first-order chi connectivity index (χ1) is 12.2. The van der Waals surface area contributed by atoms with Gasteiger partial charge in [0, 0.05) is 38.6 Å². The van der Waals surface area contributed by atoms with Crippen molar-refractivity contribution < 1.29 is 14.6 Å².